The predicted octanol–water partition coefficient (Wildman–Crippen LogP) is 3.71. The number of para-hydroxylation sites is 1. The van der Waals surface area contributed by atoms with Gasteiger partial charge >= 0.3 is 0 Å². The molecule has 0 atom stereocenters. The van der Waals surface area contributed by atoms with Gasteiger partial charge in [0.05, 0.1) is 42.3 Å². The van der Waals surface area contributed by atoms with Crippen LogP contribution in [0.1, 0.15) is 10.5 Å². The molecule has 2 aromatic carbocycles. The van der Waals surface area contributed by atoms with E-state index in [4.69, 9.17) is 9.47 Å². The number of thioether (sulfide) groups is 1. The van der Waals surface area contributed by atoms with Gasteiger partial charge in [0.1, 0.15) is 0 Å². The van der Waals surface area contributed by atoms with Gasteiger partial charge in [0.2, 0.25) is 0 Å². The molecule has 0 amide bonds. The minimum atomic E-state index is -0.220. The number of benzene rings is 2. The molecule has 30 heavy (non-hydrogen) atoms. The van der Waals surface area contributed by atoms with Crippen LogP contribution >= 0.6 is 11.8 Å². The Bertz CT molecular complexity index is 1270. The van der Waals surface area contributed by atoms with Gasteiger partial charge in [-0.25, -0.2) is 4.98 Å². The third-order valence-corrected chi connectivity index (χ3v) is 5.54. The highest BCUT2D eigenvalue weighted by atomic mass is 32.2. The predicted molar refractivity (Wildman–Crippen MR) is 116 cm³/mol. The molecule has 8 heteroatoms. The lowest BCUT2D eigenvalue weighted by Crippen LogP contribution is -2.22. The number of rotatable bonds is 7. The van der Waals surface area contributed by atoms with Crippen molar-refractivity contribution in [1.29, 1.82) is 0 Å². The van der Waals surface area contributed by atoms with Crippen molar-refractivity contribution in [3.8, 4) is 17.2 Å². The van der Waals surface area contributed by atoms with Crippen molar-refractivity contribution in [1.82, 2.24) is 14.5 Å². The number of carbonyl (C=O) groups is 1. The number of methoxy groups -OCH3 is 2. The number of nitrogens with zero attached hydrogens (tertiary/aromatic N) is 2. The summed E-state index contributed by atoms with van der Waals surface area (Å²) in [7, 11) is 3.09. The van der Waals surface area contributed by atoms with Crippen LogP contribution < -0.4 is 15.0 Å². The van der Waals surface area contributed by atoms with Gasteiger partial charge in [0.25, 0.3) is 5.56 Å². The second kappa shape index (κ2) is 8.46. The molecule has 0 saturated carbocycles. The Morgan fingerprint density at radius 1 is 1.07 bits per heavy atom. The summed E-state index contributed by atoms with van der Waals surface area (Å²) < 4.78 is 12.2. The highest BCUT2D eigenvalue weighted by molar-refractivity contribution is 7.99. The molecule has 0 fully saturated rings. The van der Waals surface area contributed by atoms with Crippen molar-refractivity contribution in [2.24, 2.45) is 0 Å². The lowest BCUT2D eigenvalue weighted by Gasteiger charge is -2.15. The lowest BCUT2D eigenvalue weighted by molar-refractivity contribution is 0.101. The SMILES string of the molecule is COc1ccc(-n2c(SCC(=O)c3ccc[nH]3)nc3ccccc3c2=O)cc1OC. The maximum absolute atomic E-state index is 13.3. The molecular formula is C22H19N3O4S. The normalized spacial score (nSPS) is 10.9. The number of Topliss-reactive ketones (excluding diaryl/α,β-unsaturated/α-hetero) is 1. The van der Waals surface area contributed by atoms with E-state index in [0.29, 0.717) is 38.9 Å². The molecule has 0 saturated heterocycles. The van der Waals surface area contributed by atoms with Crippen molar-refractivity contribution in [3.63, 3.8) is 0 Å². The summed E-state index contributed by atoms with van der Waals surface area (Å²) in [5.74, 6) is 1.11. The molecule has 0 aliphatic heterocycles. The lowest BCUT2D eigenvalue weighted by atomic mass is 10.2. The molecule has 2 heterocycles. The number of fused-ring (bicyclic) bond motifs is 1. The first kappa shape index (κ1) is 19.8. The smallest absolute Gasteiger partial charge is 0.266 e. The van der Waals surface area contributed by atoms with Gasteiger partial charge in [0, 0.05) is 12.3 Å². The molecule has 4 aromatic rings. The van der Waals surface area contributed by atoms with E-state index in [9.17, 15) is 9.59 Å². The summed E-state index contributed by atoms with van der Waals surface area (Å²) in [6, 6.07) is 15.8. The van der Waals surface area contributed by atoms with Gasteiger partial charge < -0.3 is 14.5 Å². The van der Waals surface area contributed by atoms with Gasteiger partial charge in [-0.15, -0.1) is 0 Å². The number of ketones is 1. The van der Waals surface area contributed by atoms with Crippen LogP contribution in [0, 0.1) is 0 Å². The van der Waals surface area contributed by atoms with E-state index >= 15 is 0 Å². The van der Waals surface area contributed by atoms with Gasteiger partial charge in [-0.05, 0) is 36.4 Å². The molecule has 152 valence electrons. The average molecular weight is 421 g/mol. The summed E-state index contributed by atoms with van der Waals surface area (Å²) in [5, 5.41) is 0.915. The van der Waals surface area contributed by atoms with Crippen molar-refractivity contribution >= 4 is 28.4 Å². The van der Waals surface area contributed by atoms with Crippen molar-refractivity contribution < 1.29 is 14.3 Å². The second-order valence-corrected chi connectivity index (χ2v) is 7.33. The number of aromatic nitrogens is 3. The Labute approximate surface area is 176 Å². The number of H-pyrrole nitrogens is 1. The third kappa shape index (κ3) is 3.69. The Hall–Kier alpha value is -3.52. The maximum atomic E-state index is 13.3. The van der Waals surface area contributed by atoms with Gasteiger partial charge in [-0.1, -0.05) is 23.9 Å². The fourth-order valence-corrected chi connectivity index (χ4v) is 4.01. The van der Waals surface area contributed by atoms with E-state index < -0.39 is 0 Å². The van der Waals surface area contributed by atoms with Crippen LogP contribution in [0.15, 0.2) is 70.7 Å². The van der Waals surface area contributed by atoms with Crippen molar-refractivity contribution in [2.75, 3.05) is 20.0 Å². The Kier molecular flexibility index (Phi) is 5.58. The van der Waals surface area contributed by atoms with Gasteiger partial charge in [-0.2, -0.15) is 0 Å². The topological polar surface area (TPSA) is 86.2 Å². The van der Waals surface area contributed by atoms with E-state index in [-0.39, 0.29) is 17.1 Å². The Morgan fingerprint density at radius 2 is 1.87 bits per heavy atom. The molecule has 1 N–H and O–H groups in total. The highest BCUT2D eigenvalue weighted by Crippen LogP contribution is 2.30. The number of hydrogen-bond donors (Lipinski definition) is 1. The van der Waals surface area contributed by atoms with Crippen LogP contribution in [-0.2, 0) is 0 Å². The van der Waals surface area contributed by atoms with E-state index in [1.807, 2.05) is 6.07 Å². The van der Waals surface area contributed by atoms with Crippen molar-refractivity contribution in [2.45, 2.75) is 5.16 Å². The zero-order valence-electron chi connectivity index (χ0n) is 16.4. The van der Waals surface area contributed by atoms with Crippen LogP contribution in [0.4, 0.5) is 0 Å². The Morgan fingerprint density at radius 3 is 2.60 bits per heavy atom. The first-order chi connectivity index (χ1) is 14.6. The maximum Gasteiger partial charge on any atom is 0.266 e. The third-order valence-electron chi connectivity index (χ3n) is 4.60. The summed E-state index contributed by atoms with van der Waals surface area (Å²) >= 11 is 1.21. The quantitative estimate of drug-likeness (QED) is 0.278. The van der Waals surface area contributed by atoms with E-state index in [1.165, 1.54) is 23.4 Å². The highest BCUT2D eigenvalue weighted by Gasteiger charge is 2.17. The largest absolute Gasteiger partial charge is 0.493 e. The number of nitrogens with one attached hydrogen (secondary N) is 1. The number of carbonyl (C=O) groups excluding carboxylic acids is 1. The van der Waals surface area contributed by atoms with Gasteiger partial charge in [-0.3, -0.25) is 14.2 Å². The fourth-order valence-electron chi connectivity index (χ4n) is 3.11. The van der Waals surface area contributed by atoms with Crippen LogP contribution in [0.25, 0.3) is 16.6 Å². The average Bonchev–Trinajstić information content (AvgIpc) is 3.32. The minimum absolute atomic E-state index is 0.0775. The molecule has 7 nitrogen and oxygen atoms in total. The van der Waals surface area contributed by atoms with E-state index in [1.54, 1.807) is 61.8 Å². The summed E-state index contributed by atoms with van der Waals surface area (Å²) in [6.45, 7) is 0. The van der Waals surface area contributed by atoms with E-state index in [2.05, 4.69) is 9.97 Å². The molecule has 0 bridgehead atoms. The molecule has 0 unspecified atom stereocenters. The summed E-state index contributed by atoms with van der Waals surface area (Å²) in [4.78, 5) is 33.3. The first-order valence-corrected chi connectivity index (χ1v) is 10.1. The fraction of sp³-hybridized carbons (Fsp3) is 0.136. The monoisotopic (exact) mass is 421 g/mol. The summed E-state index contributed by atoms with van der Waals surface area (Å²) in [5.41, 5.74) is 1.45. The standard InChI is InChI=1S/C22H19N3O4S/c1-28-19-10-9-14(12-20(19)29-2)25-21(27)15-6-3-4-7-16(15)24-22(25)30-13-18(26)17-8-5-11-23-17/h3-12,23H,13H2,1-2H3. The second-order valence-electron chi connectivity index (χ2n) is 6.39. The molecule has 4 rings (SSSR count). The minimum Gasteiger partial charge on any atom is -0.493 e. The van der Waals surface area contributed by atoms with E-state index in [0.717, 1.165) is 0 Å². The number of ether oxygens (including phenoxy) is 2. The molecule has 0 spiro atoms. The van der Waals surface area contributed by atoms with Gasteiger partial charge in [0.15, 0.2) is 22.4 Å². The zero-order chi connectivity index (χ0) is 21.1. The molecular weight excluding hydrogens is 402 g/mol. The van der Waals surface area contributed by atoms with Crippen LogP contribution in [0.3, 0.4) is 0 Å². The van der Waals surface area contributed by atoms with Crippen LogP contribution in [0.5, 0.6) is 11.5 Å². The number of hydrogen-bond acceptors (Lipinski definition) is 6. The zero-order valence-corrected chi connectivity index (χ0v) is 17.2. The molecule has 0 aliphatic carbocycles. The first-order valence-electron chi connectivity index (χ1n) is 9.16. The molecule has 0 aliphatic rings. The number of aromatic amines is 1. The molecule has 2 aromatic heterocycles. The van der Waals surface area contributed by atoms with Crippen molar-refractivity contribution in [3.05, 3.63) is 76.8 Å². The summed E-state index contributed by atoms with van der Waals surface area (Å²) in [6.07, 6.45) is 1.70. The van der Waals surface area contributed by atoms with Crippen LogP contribution in [-0.4, -0.2) is 40.3 Å². The van der Waals surface area contributed by atoms with Crippen LogP contribution in [0.2, 0.25) is 0 Å². The molecule has 0 radical (unpaired) electrons. The Balaban J connectivity index is 1.82.